The average Bonchev–Trinajstić information content (AvgIpc) is 2.66. The normalized spacial score (nSPS) is 24.8. The number of carbonyl (C=O) groups is 2. The highest BCUT2D eigenvalue weighted by atomic mass is 16.6. The molecule has 0 bridgehead atoms. The standard InChI is InChI=1S/C15H17NO3/c1-9(2)16-13-12(10(3)17)15(18)19-14(13)11-7-5-4-6-8-11/h4-9,12,14H,1-3H3/t12?,14-/m1/s1. The number of ether oxygens (including phenoxy) is 1. The first-order chi connectivity index (χ1) is 9.00. The first-order valence-electron chi connectivity index (χ1n) is 6.34. The zero-order valence-electron chi connectivity index (χ0n) is 11.3. The second-order valence-corrected chi connectivity index (χ2v) is 4.92. The van der Waals surface area contributed by atoms with Gasteiger partial charge in [0.2, 0.25) is 0 Å². The Balaban J connectivity index is 2.44. The molecule has 1 fully saturated rings. The summed E-state index contributed by atoms with van der Waals surface area (Å²) in [6, 6.07) is 9.39. The van der Waals surface area contributed by atoms with E-state index in [0.717, 1.165) is 5.56 Å². The fourth-order valence-electron chi connectivity index (χ4n) is 2.20. The summed E-state index contributed by atoms with van der Waals surface area (Å²) in [6.07, 6.45) is -0.537. The Morgan fingerprint density at radius 2 is 1.89 bits per heavy atom. The SMILES string of the molecule is CC(=O)C1C(=O)O[C@H](c2ccccc2)C1=NC(C)C. The fourth-order valence-corrected chi connectivity index (χ4v) is 2.20. The molecule has 0 radical (unpaired) electrons. The lowest BCUT2D eigenvalue weighted by Crippen LogP contribution is -2.25. The summed E-state index contributed by atoms with van der Waals surface area (Å²) in [7, 11) is 0. The monoisotopic (exact) mass is 259 g/mol. The number of benzene rings is 1. The molecule has 1 aliphatic rings. The van der Waals surface area contributed by atoms with Gasteiger partial charge in [-0.2, -0.15) is 0 Å². The number of hydrogen-bond donors (Lipinski definition) is 0. The van der Waals surface area contributed by atoms with Crippen molar-refractivity contribution in [2.24, 2.45) is 10.9 Å². The van der Waals surface area contributed by atoms with Crippen molar-refractivity contribution >= 4 is 17.5 Å². The molecule has 1 aliphatic heterocycles. The van der Waals surface area contributed by atoms with Crippen molar-refractivity contribution < 1.29 is 14.3 Å². The van der Waals surface area contributed by atoms with Crippen LogP contribution in [0.2, 0.25) is 0 Å². The van der Waals surface area contributed by atoms with Crippen LogP contribution in [0.4, 0.5) is 0 Å². The number of aliphatic imine (C=N–C) groups is 1. The van der Waals surface area contributed by atoms with Gasteiger partial charge in [0.25, 0.3) is 0 Å². The summed E-state index contributed by atoms with van der Waals surface area (Å²) in [5, 5.41) is 0. The van der Waals surface area contributed by atoms with Gasteiger partial charge in [-0.05, 0) is 26.3 Å². The van der Waals surface area contributed by atoms with Crippen LogP contribution in [0.5, 0.6) is 0 Å². The second kappa shape index (κ2) is 5.34. The molecule has 2 rings (SSSR count). The van der Waals surface area contributed by atoms with Crippen molar-refractivity contribution in [3.63, 3.8) is 0 Å². The molecule has 1 heterocycles. The number of cyclic esters (lactones) is 1. The van der Waals surface area contributed by atoms with Crippen LogP contribution in [0.1, 0.15) is 32.4 Å². The van der Waals surface area contributed by atoms with Gasteiger partial charge in [0, 0.05) is 6.04 Å². The van der Waals surface area contributed by atoms with Gasteiger partial charge in [0.05, 0.1) is 5.71 Å². The molecular weight excluding hydrogens is 242 g/mol. The number of hydrogen-bond acceptors (Lipinski definition) is 4. The van der Waals surface area contributed by atoms with Crippen LogP contribution >= 0.6 is 0 Å². The molecule has 100 valence electrons. The Bertz CT molecular complexity index is 519. The van der Waals surface area contributed by atoms with E-state index in [1.807, 2.05) is 44.2 Å². The fraction of sp³-hybridized carbons (Fsp3) is 0.400. The van der Waals surface area contributed by atoms with Crippen LogP contribution in [0, 0.1) is 5.92 Å². The zero-order chi connectivity index (χ0) is 14.0. The van der Waals surface area contributed by atoms with Crippen molar-refractivity contribution in [1.29, 1.82) is 0 Å². The maximum absolute atomic E-state index is 11.9. The molecule has 0 aromatic heterocycles. The first-order valence-corrected chi connectivity index (χ1v) is 6.34. The smallest absolute Gasteiger partial charge is 0.323 e. The molecule has 0 amide bonds. The quantitative estimate of drug-likeness (QED) is 0.618. The molecule has 2 atom stereocenters. The summed E-state index contributed by atoms with van der Waals surface area (Å²) < 4.78 is 5.34. The van der Waals surface area contributed by atoms with Gasteiger partial charge in [-0.3, -0.25) is 14.6 Å². The molecule has 0 spiro atoms. The van der Waals surface area contributed by atoms with Gasteiger partial charge in [0.1, 0.15) is 5.78 Å². The number of rotatable bonds is 3. The third-order valence-corrected chi connectivity index (χ3v) is 2.95. The number of nitrogens with zero attached hydrogens (tertiary/aromatic N) is 1. The Hall–Kier alpha value is -1.97. The molecule has 19 heavy (non-hydrogen) atoms. The summed E-state index contributed by atoms with van der Waals surface area (Å²) in [5.74, 6) is -1.57. The van der Waals surface area contributed by atoms with E-state index in [1.165, 1.54) is 6.92 Å². The highest BCUT2D eigenvalue weighted by Gasteiger charge is 2.44. The Morgan fingerprint density at radius 3 is 2.42 bits per heavy atom. The summed E-state index contributed by atoms with van der Waals surface area (Å²) >= 11 is 0. The number of Topliss-reactive ketones (excluding diaryl/α,β-unsaturated/α-hetero) is 1. The van der Waals surface area contributed by atoms with E-state index in [-0.39, 0.29) is 11.8 Å². The lowest BCUT2D eigenvalue weighted by Gasteiger charge is -2.12. The Labute approximate surface area is 112 Å². The van der Waals surface area contributed by atoms with Crippen LogP contribution in [-0.4, -0.2) is 23.5 Å². The maximum Gasteiger partial charge on any atom is 0.323 e. The minimum absolute atomic E-state index is 0.0116. The van der Waals surface area contributed by atoms with Crippen LogP contribution in [0.15, 0.2) is 35.3 Å². The summed E-state index contributed by atoms with van der Waals surface area (Å²) in [4.78, 5) is 27.9. The summed E-state index contributed by atoms with van der Waals surface area (Å²) in [6.45, 7) is 5.22. The van der Waals surface area contributed by atoms with Gasteiger partial charge in [-0.1, -0.05) is 30.3 Å². The van der Waals surface area contributed by atoms with E-state index in [0.29, 0.717) is 5.71 Å². The van der Waals surface area contributed by atoms with Crippen molar-refractivity contribution in [2.45, 2.75) is 32.9 Å². The van der Waals surface area contributed by atoms with E-state index in [4.69, 9.17) is 4.74 Å². The van der Waals surface area contributed by atoms with Crippen LogP contribution < -0.4 is 0 Å². The topological polar surface area (TPSA) is 55.7 Å². The molecule has 0 aliphatic carbocycles. The van der Waals surface area contributed by atoms with Gasteiger partial charge < -0.3 is 4.74 Å². The third kappa shape index (κ3) is 2.72. The number of carbonyl (C=O) groups excluding carboxylic acids is 2. The molecule has 1 aromatic carbocycles. The average molecular weight is 259 g/mol. The predicted octanol–water partition coefficient (Wildman–Crippen LogP) is 2.34. The van der Waals surface area contributed by atoms with Gasteiger partial charge in [-0.25, -0.2) is 0 Å². The molecule has 1 saturated heterocycles. The van der Waals surface area contributed by atoms with E-state index >= 15 is 0 Å². The second-order valence-electron chi connectivity index (χ2n) is 4.92. The largest absolute Gasteiger partial charge is 0.450 e. The van der Waals surface area contributed by atoms with Gasteiger partial charge in [0.15, 0.2) is 12.0 Å². The van der Waals surface area contributed by atoms with Crippen molar-refractivity contribution in [2.75, 3.05) is 0 Å². The van der Waals surface area contributed by atoms with Crippen molar-refractivity contribution in [1.82, 2.24) is 0 Å². The zero-order valence-corrected chi connectivity index (χ0v) is 11.3. The maximum atomic E-state index is 11.9. The van der Waals surface area contributed by atoms with Crippen molar-refractivity contribution in [3.8, 4) is 0 Å². The van der Waals surface area contributed by atoms with Crippen LogP contribution in [0.25, 0.3) is 0 Å². The van der Waals surface area contributed by atoms with E-state index < -0.39 is 18.0 Å². The van der Waals surface area contributed by atoms with Gasteiger partial charge >= 0.3 is 5.97 Å². The molecular formula is C15H17NO3. The number of esters is 1. The van der Waals surface area contributed by atoms with E-state index in [1.54, 1.807) is 0 Å². The predicted molar refractivity (Wildman–Crippen MR) is 72.0 cm³/mol. The summed E-state index contributed by atoms with van der Waals surface area (Å²) in [5.41, 5.74) is 1.37. The minimum atomic E-state index is -0.854. The molecule has 1 aromatic rings. The van der Waals surface area contributed by atoms with Gasteiger partial charge in [-0.15, -0.1) is 0 Å². The van der Waals surface area contributed by atoms with Crippen molar-refractivity contribution in [3.05, 3.63) is 35.9 Å². The first kappa shape index (κ1) is 13.5. The van der Waals surface area contributed by atoms with Crippen LogP contribution in [0.3, 0.4) is 0 Å². The Morgan fingerprint density at radius 1 is 1.26 bits per heavy atom. The molecule has 0 N–H and O–H groups in total. The molecule has 4 heteroatoms. The highest BCUT2D eigenvalue weighted by molar-refractivity contribution is 6.23. The Kier molecular flexibility index (Phi) is 3.79. The molecule has 0 saturated carbocycles. The minimum Gasteiger partial charge on any atom is -0.450 e. The van der Waals surface area contributed by atoms with E-state index in [2.05, 4.69) is 4.99 Å². The van der Waals surface area contributed by atoms with E-state index in [9.17, 15) is 9.59 Å². The lowest BCUT2D eigenvalue weighted by atomic mass is 9.94. The molecule has 1 unspecified atom stereocenters. The van der Waals surface area contributed by atoms with Crippen LogP contribution in [-0.2, 0) is 14.3 Å². The lowest BCUT2D eigenvalue weighted by molar-refractivity contribution is -0.146. The third-order valence-electron chi connectivity index (χ3n) is 2.95. The number of ketones is 1. The highest BCUT2D eigenvalue weighted by Crippen LogP contribution is 2.32. The molecule has 4 nitrogen and oxygen atoms in total.